The Morgan fingerprint density at radius 3 is 1.24 bits per heavy atom. The van der Waals surface area contributed by atoms with Crippen LogP contribution in [0.3, 0.4) is 0 Å². The fraction of sp³-hybridized carbons (Fsp3) is 0.611. The average Bonchev–Trinajstić information content (AvgIpc) is 2.52. The normalized spacial score (nSPS) is 7.14. The maximum atomic E-state index is 8.58. The minimum Gasteiger partial charge on any atom is -0.402 e. The number of hydrogen-bond donors (Lipinski definition) is 2. The molecule has 1 amide bonds. The lowest BCUT2D eigenvalue weighted by Gasteiger charge is -1.86. The van der Waals surface area contributed by atoms with Gasteiger partial charge in [0.05, 0.1) is 0 Å². The predicted octanol–water partition coefficient (Wildman–Crippen LogP) is 5.58. The molecule has 0 aromatic carbocycles. The van der Waals surface area contributed by atoms with E-state index in [1.54, 1.807) is 0 Å². The van der Waals surface area contributed by atoms with Crippen molar-refractivity contribution in [3.8, 4) is 0 Å². The number of amides is 1. The van der Waals surface area contributed by atoms with Crippen molar-refractivity contribution in [2.45, 2.75) is 74.7 Å². The topological polar surface area (TPSA) is 69.1 Å². The Hall–Kier alpha value is -1.51. The van der Waals surface area contributed by atoms with Gasteiger partial charge in [-0.05, 0) is 26.7 Å². The molecule has 0 saturated heterocycles. The van der Waals surface area contributed by atoms with Gasteiger partial charge < -0.3 is 11.5 Å². The Kier molecular flexibility index (Phi) is 110. The highest BCUT2D eigenvalue weighted by atomic mass is 16.1. The summed E-state index contributed by atoms with van der Waals surface area (Å²) in [6.45, 7) is 26.0. The van der Waals surface area contributed by atoms with E-state index in [2.05, 4.69) is 46.2 Å². The molecule has 21 heavy (non-hydrogen) atoms. The third kappa shape index (κ3) is 249. The van der Waals surface area contributed by atoms with E-state index in [0.29, 0.717) is 0 Å². The molecule has 0 aliphatic rings. The van der Waals surface area contributed by atoms with Gasteiger partial charge in [-0.15, -0.1) is 19.7 Å². The first-order valence-corrected chi connectivity index (χ1v) is 7.61. The third-order valence-corrected chi connectivity index (χ3v) is 1.38. The van der Waals surface area contributed by atoms with E-state index in [1.807, 2.05) is 40.7 Å². The average molecular weight is 303 g/mol. The molecule has 0 fully saturated rings. The van der Waals surface area contributed by atoms with Gasteiger partial charge in [-0.2, -0.15) is 0 Å². The monoisotopic (exact) mass is 302 g/mol. The molecule has 0 aliphatic heterocycles. The van der Waals surface area contributed by atoms with E-state index >= 15 is 0 Å². The van der Waals surface area contributed by atoms with E-state index in [1.165, 1.54) is 12.0 Å². The van der Waals surface area contributed by atoms with Crippen molar-refractivity contribution >= 4 is 6.41 Å². The first-order chi connectivity index (χ1) is 9.91. The molecule has 0 heterocycles. The van der Waals surface area contributed by atoms with Crippen LogP contribution < -0.4 is 11.5 Å². The summed E-state index contributed by atoms with van der Waals surface area (Å²) in [6.07, 6.45) is 5.50. The highest BCUT2D eigenvalue weighted by Crippen LogP contribution is 1.88. The summed E-state index contributed by atoms with van der Waals surface area (Å²) in [7, 11) is 0. The van der Waals surface area contributed by atoms with Crippen molar-refractivity contribution < 1.29 is 4.79 Å². The lowest BCUT2D eigenvalue weighted by atomic mass is 10.3. The van der Waals surface area contributed by atoms with Gasteiger partial charge in [-0.1, -0.05) is 59.6 Å². The van der Waals surface area contributed by atoms with E-state index in [9.17, 15) is 0 Å². The summed E-state index contributed by atoms with van der Waals surface area (Å²) in [5, 5.41) is 0. The fourth-order valence-corrected chi connectivity index (χ4v) is 0.204. The Bertz CT molecular complexity index is 188. The summed E-state index contributed by atoms with van der Waals surface area (Å²) in [4.78, 5) is 8.58. The van der Waals surface area contributed by atoms with Crippen LogP contribution in [0.1, 0.15) is 74.7 Å². The Labute approximate surface area is 135 Å². The SMILES string of the molecule is C/C=C(/N)CC.C=C.C=C(C)CC.CC.CCC.NC=O. The number of carbonyl (C=O) groups excluding carboxylic acids is 1. The van der Waals surface area contributed by atoms with Crippen LogP contribution in [0.25, 0.3) is 0 Å². The highest BCUT2D eigenvalue weighted by Gasteiger charge is 1.73. The number of nitrogens with two attached hydrogens (primary N) is 2. The molecular formula is C18H42N2O. The van der Waals surface area contributed by atoms with Crippen LogP contribution in [0.2, 0.25) is 0 Å². The molecule has 130 valence electrons. The van der Waals surface area contributed by atoms with Gasteiger partial charge >= 0.3 is 0 Å². The molecular weight excluding hydrogens is 260 g/mol. The lowest BCUT2D eigenvalue weighted by molar-refractivity contribution is -0.106. The number of rotatable bonds is 2. The molecule has 0 aliphatic carbocycles. The summed E-state index contributed by atoms with van der Waals surface area (Å²) in [5.41, 5.74) is 11.7. The van der Waals surface area contributed by atoms with Gasteiger partial charge in [0.25, 0.3) is 0 Å². The van der Waals surface area contributed by atoms with E-state index in [4.69, 9.17) is 10.5 Å². The van der Waals surface area contributed by atoms with E-state index < -0.39 is 0 Å². The van der Waals surface area contributed by atoms with Gasteiger partial charge in [0, 0.05) is 5.70 Å². The second kappa shape index (κ2) is 62.8. The summed E-state index contributed by atoms with van der Waals surface area (Å²) >= 11 is 0. The van der Waals surface area contributed by atoms with Crippen LogP contribution in [-0.4, -0.2) is 6.41 Å². The molecule has 0 rings (SSSR count). The van der Waals surface area contributed by atoms with E-state index in [-0.39, 0.29) is 6.41 Å². The zero-order valence-corrected chi connectivity index (χ0v) is 16.0. The smallest absolute Gasteiger partial charge is 0.204 e. The second-order valence-corrected chi connectivity index (χ2v) is 3.37. The summed E-state index contributed by atoms with van der Waals surface area (Å²) in [6, 6.07) is 0. The number of hydrogen-bond acceptors (Lipinski definition) is 2. The minimum atomic E-state index is 0.250. The number of allylic oxidation sites excluding steroid dienone is 3. The van der Waals surface area contributed by atoms with Gasteiger partial charge in [0.2, 0.25) is 6.41 Å². The van der Waals surface area contributed by atoms with Crippen molar-refractivity contribution in [3.63, 3.8) is 0 Å². The Morgan fingerprint density at radius 2 is 1.24 bits per heavy atom. The molecule has 0 radical (unpaired) electrons. The molecule has 0 saturated carbocycles. The van der Waals surface area contributed by atoms with Gasteiger partial charge in [0.1, 0.15) is 0 Å². The van der Waals surface area contributed by atoms with Crippen LogP contribution in [0.15, 0.2) is 37.1 Å². The fourth-order valence-electron chi connectivity index (χ4n) is 0.204. The molecule has 0 spiro atoms. The zero-order chi connectivity index (χ0) is 18.7. The second-order valence-electron chi connectivity index (χ2n) is 3.37. The van der Waals surface area contributed by atoms with Crippen LogP contribution in [0.5, 0.6) is 0 Å². The minimum absolute atomic E-state index is 0.250. The number of primary amides is 1. The molecule has 0 aromatic heterocycles. The molecule has 0 aromatic rings. The Morgan fingerprint density at radius 1 is 1.05 bits per heavy atom. The Balaban J connectivity index is -0.0000000342. The lowest BCUT2D eigenvalue weighted by Crippen LogP contribution is -1.91. The molecule has 0 atom stereocenters. The molecule has 0 bridgehead atoms. The zero-order valence-electron chi connectivity index (χ0n) is 16.0. The predicted molar refractivity (Wildman–Crippen MR) is 102 cm³/mol. The van der Waals surface area contributed by atoms with Gasteiger partial charge in [-0.3, -0.25) is 4.79 Å². The van der Waals surface area contributed by atoms with E-state index in [0.717, 1.165) is 18.5 Å². The standard InChI is InChI=1S/C5H11N.C5H10.C3H8.C2H6.C2H4.CH3NO/c1-3-5(6)4-2;1-4-5(2)3;1-3-2;2*1-2;2-1-3/h3H,4,6H2,1-2H3;2,4H2,1,3H3;3H2,1-2H3;1-2H3;1-2H2;1H,(H2,2,3)/b5-3+;;;;;. The van der Waals surface area contributed by atoms with Crippen LogP contribution in [0, 0.1) is 0 Å². The van der Waals surface area contributed by atoms with Crippen molar-refractivity contribution in [1.29, 1.82) is 0 Å². The highest BCUT2D eigenvalue weighted by molar-refractivity contribution is 5.42. The quantitative estimate of drug-likeness (QED) is 0.516. The molecule has 0 unspecified atom stereocenters. The van der Waals surface area contributed by atoms with Crippen molar-refractivity contribution in [3.05, 3.63) is 37.1 Å². The van der Waals surface area contributed by atoms with Crippen molar-refractivity contribution in [2.75, 3.05) is 0 Å². The van der Waals surface area contributed by atoms with Crippen molar-refractivity contribution in [1.82, 2.24) is 0 Å². The van der Waals surface area contributed by atoms with Crippen LogP contribution in [-0.2, 0) is 4.79 Å². The maximum absolute atomic E-state index is 8.58. The molecule has 3 heteroatoms. The van der Waals surface area contributed by atoms with Crippen LogP contribution in [0.4, 0.5) is 0 Å². The largest absolute Gasteiger partial charge is 0.402 e. The first-order valence-electron chi connectivity index (χ1n) is 7.61. The maximum Gasteiger partial charge on any atom is 0.204 e. The molecule has 4 N–H and O–H groups in total. The summed E-state index contributed by atoms with van der Waals surface area (Å²) < 4.78 is 0. The first kappa shape index (κ1) is 36.6. The van der Waals surface area contributed by atoms with Crippen LogP contribution >= 0.6 is 0 Å². The number of carbonyl (C=O) groups is 1. The van der Waals surface area contributed by atoms with Gasteiger partial charge in [0.15, 0.2) is 0 Å². The third-order valence-electron chi connectivity index (χ3n) is 1.38. The van der Waals surface area contributed by atoms with Crippen molar-refractivity contribution in [2.24, 2.45) is 11.5 Å². The summed E-state index contributed by atoms with van der Waals surface area (Å²) in [5.74, 6) is 0. The molecule has 3 nitrogen and oxygen atoms in total. The van der Waals surface area contributed by atoms with Gasteiger partial charge in [-0.25, -0.2) is 0 Å².